The van der Waals surface area contributed by atoms with E-state index >= 15 is 0 Å². The molecule has 1 aromatic carbocycles. The smallest absolute Gasteiger partial charge is 0.270 e. The van der Waals surface area contributed by atoms with Gasteiger partial charge < -0.3 is 10.1 Å². The maximum Gasteiger partial charge on any atom is 0.270 e. The van der Waals surface area contributed by atoms with Crippen molar-refractivity contribution in [1.29, 1.82) is 0 Å². The molecule has 0 saturated carbocycles. The molecule has 2 atom stereocenters. The molecule has 7 heteroatoms. The van der Waals surface area contributed by atoms with Crippen molar-refractivity contribution in [3.8, 4) is 5.75 Å². The summed E-state index contributed by atoms with van der Waals surface area (Å²) < 4.78 is 7.56. The Hall–Kier alpha value is -2.15. The molecule has 1 aromatic heterocycles. The van der Waals surface area contributed by atoms with Gasteiger partial charge in [0.1, 0.15) is 11.6 Å². The molecule has 1 amide bonds. The number of fused-ring (bicyclic) bond motifs is 1. The van der Waals surface area contributed by atoms with E-state index in [0.717, 1.165) is 37.0 Å². The van der Waals surface area contributed by atoms with Crippen LogP contribution in [0.3, 0.4) is 0 Å². The Morgan fingerprint density at radius 2 is 1.96 bits per heavy atom. The molecular formula is C21H29N3O3S. The first-order valence-electron chi connectivity index (χ1n) is 10.0. The Kier molecular flexibility index (Phi) is 6.88. The number of nitrogens with one attached hydrogen (secondary N) is 2. The third-order valence-corrected chi connectivity index (χ3v) is 6.23. The lowest BCUT2D eigenvalue weighted by Gasteiger charge is -2.17. The lowest BCUT2D eigenvalue weighted by molar-refractivity contribution is -0.113. The number of carbonyl (C=O) groups is 1. The number of rotatable bonds is 8. The molecule has 1 aliphatic heterocycles. The molecule has 152 valence electrons. The average Bonchev–Trinajstić information content (AvgIpc) is 2.89. The minimum atomic E-state index is -0.197. The zero-order valence-electron chi connectivity index (χ0n) is 16.8. The summed E-state index contributed by atoms with van der Waals surface area (Å²) in [6.45, 7) is 7.00. The minimum Gasteiger partial charge on any atom is -0.494 e. The summed E-state index contributed by atoms with van der Waals surface area (Å²) in [6.07, 6.45) is 4.04. The number of anilines is 1. The van der Waals surface area contributed by atoms with Crippen LogP contribution in [0.1, 0.15) is 68.9 Å². The van der Waals surface area contributed by atoms with Gasteiger partial charge in [0, 0.05) is 6.04 Å². The first kappa shape index (κ1) is 20.6. The third kappa shape index (κ3) is 4.46. The fourth-order valence-corrected chi connectivity index (χ4v) is 4.58. The second kappa shape index (κ2) is 9.37. The molecule has 0 saturated heterocycles. The molecule has 0 fully saturated rings. The van der Waals surface area contributed by atoms with Crippen molar-refractivity contribution in [2.45, 2.75) is 57.7 Å². The van der Waals surface area contributed by atoms with E-state index in [-0.39, 0.29) is 22.8 Å². The fraction of sp³-hybridized carbons (Fsp3) is 0.524. The molecule has 2 N–H and O–H groups in total. The average molecular weight is 404 g/mol. The molecule has 2 heterocycles. The van der Waals surface area contributed by atoms with Crippen LogP contribution in [0, 0.1) is 0 Å². The molecule has 2 aromatic rings. The van der Waals surface area contributed by atoms with Gasteiger partial charge >= 0.3 is 0 Å². The largest absolute Gasteiger partial charge is 0.494 e. The molecule has 1 aliphatic rings. The van der Waals surface area contributed by atoms with Gasteiger partial charge in [-0.2, -0.15) is 0 Å². The second-order valence-corrected chi connectivity index (χ2v) is 8.31. The first-order valence-corrected chi connectivity index (χ1v) is 11.1. The van der Waals surface area contributed by atoms with Crippen molar-refractivity contribution in [1.82, 2.24) is 9.78 Å². The van der Waals surface area contributed by atoms with Crippen LogP contribution < -0.4 is 15.6 Å². The Morgan fingerprint density at radius 3 is 2.64 bits per heavy atom. The highest BCUT2D eigenvalue weighted by Gasteiger charge is 2.31. The summed E-state index contributed by atoms with van der Waals surface area (Å²) >= 11 is 1.48. The highest BCUT2D eigenvalue weighted by atomic mass is 32.2. The van der Waals surface area contributed by atoms with E-state index in [1.165, 1.54) is 11.8 Å². The summed E-state index contributed by atoms with van der Waals surface area (Å²) in [5, 5.41) is 5.69. The number of hydrogen-bond donors (Lipinski definition) is 2. The Bertz CT molecular complexity index is 857. The van der Waals surface area contributed by atoms with Gasteiger partial charge in [0.2, 0.25) is 5.91 Å². The number of benzene rings is 1. The quantitative estimate of drug-likeness (QED) is 0.637. The summed E-state index contributed by atoms with van der Waals surface area (Å²) in [5.74, 6) is 1.67. The Balaban J connectivity index is 1.93. The lowest BCUT2D eigenvalue weighted by Crippen LogP contribution is -2.18. The van der Waals surface area contributed by atoms with E-state index in [1.807, 2.05) is 28.9 Å². The van der Waals surface area contributed by atoms with Crippen LogP contribution in [-0.4, -0.2) is 28.0 Å². The number of aromatic nitrogens is 2. The van der Waals surface area contributed by atoms with Crippen LogP contribution in [0.15, 0.2) is 29.1 Å². The van der Waals surface area contributed by atoms with Gasteiger partial charge in [-0.25, -0.2) is 0 Å². The molecular weight excluding hydrogens is 374 g/mol. The summed E-state index contributed by atoms with van der Waals surface area (Å²) in [6, 6.07) is 7.97. The van der Waals surface area contributed by atoms with E-state index in [0.29, 0.717) is 23.7 Å². The fourth-order valence-electron chi connectivity index (χ4n) is 3.46. The minimum absolute atomic E-state index is 0.0790. The van der Waals surface area contributed by atoms with E-state index in [1.54, 1.807) is 0 Å². The maximum absolute atomic E-state index is 12.8. The van der Waals surface area contributed by atoms with Crippen molar-refractivity contribution in [2.24, 2.45) is 0 Å². The predicted octanol–water partition coefficient (Wildman–Crippen LogP) is 4.49. The van der Waals surface area contributed by atoms with Gasteiger partial charge in [0.05, 0.1) is 23.2 Å². The maximum atomic E-state index is 12.8. The van der Waals surface area contributed by atoms with Crippen LogP contribution in [0.2, 0.25) is 0 Å². The van der Waals surface area contributed by atoms with E-state index in [2.05, 4.69) is 31.2 Å². The molecule has 0 bridgehead atoms. The highest BCUT2D eigenvalue weighted by Crippen LogP contribution is 2.40. The highest BCUT2D eigenvalue weighted by molar-refractivity contribution is 8.00. The zero-order valence-corrected chi connectivity index (χ0v) is 17.6. The SMILES string of the molecule is CCCCOc1ccc([C@@H]2SCC(=O)Nc3c2c(=O)[nH]n3[C@H](C)CCC)cc1. The molecule has 3 rings (SSSR count). The normalized spacial score (nSPS) is 17.5. The number of nitrogens with zero attached hydrogens (tertiary/aromatic N) is 1. The van der Waals surface area contributed by atoms with Crippen molar-refractivity contribution >= 4 is 23.5 Å². The second-order valence-electron chi connectivity index (χ2n) is 7.22. The van der Waals surface area contributed by atoms with E-state index in [9.17, 15) is 9.59 Å². The molecule has 0 spiro atoms. The third-order valence-electron chi connectivity index (χ3n) is 4.96. The first-order chi connectivity index (χ1) is 13.5. The van der Waals surface area contributed by atoms with Gasteiger partial charge in [-0.15, -0.1) is 11.8 Å². The topological polar surface area (TPSA) is 76.1 Å². The van der Waals surface area contributed by atoms with Gasteiger partial charge in [0.15, 0.2) is 0 Å². The number of H-pyrrole nitrogens is 1. The zero-order chi connectivity index (χ0) is 20.1. The van der Waals surface area contributed by atoms with Gasteiger partial charge in [0.25, 0.3) is 5.56 Å². The molecule has 0 aliphatic carbocycles. The number of unbranched alkanes of at least 4 members (excludes halogenated alkanes) is 1. The van der Waals surface area contributed by atoms with E-state index in [4.69, 9.17) is 4.74 Å². The van der Waals surface area contributed by atoms with Gasteiger partial charge in [-0.3, -0.25) is 19.4 Å². The van der Waals surface area contributed by atoms with Crippen molar-refractivity contribution < 1.29 is 9.53 Å². The van der Waals surface area contributed by atoms with Crippen molar-refractivity contribution in [2.75, 3.05) is 17.7 Å². The number of aromatic amines is 1. The van der Waals surface area contributed by atoms with Crippen LogP contribution >= 0.6 is 11.8 Å². The van der Waals surface area contributed by atoms with Crippen LogP contribution in [0.25, 0.3) is 0 Å². The summed E-state index contributed by atoms with van der Waals surface area (Å²) in [4.78, 5) is 25.1. The van der Waals surface area contributed by atoms with Crippen molar-refractivity contribution in [3.63, 3.8) is 0 Å². The van der Waals surface area contributed by atoms with Gasteiger partial charge in [-0.05, 0) is 37.5 Å². The molecule has 0 radical (unpaired) electrons. The van der Waals surface area contributed by atoms with Crippen LogP contribution in [0.5, 0.6) is 5.75 Å². The standard InChI is InChI=1S/C21H29N3O3S/c1-4-6-12-27-16-10-8-15(9-11-16)19-18-20(22-17(25)13-28-19)24(23-21(18)26)14(3)7-5-2/h8-11,14,19H,4-7,12-13H2,1-3H3,(H,22,25)(H,23,26)/t14-,19+/m1/s1. The monoisotopic (exact) mass is 403 g/mol. The number of ether oxygens (including phenoxy) is 1. The Morgan fingerprint density at radius 1 is 1.21 bits per heavy atom. The lowest BCUT2D eigenvalue weighted by atomic mass is 10.1. The van der Waals surface area contributed by atoms with Crippen LogP contribution in [0.4, 0.5) is 5.82 Å². The van der Waals surface area contributed by atoms with E-state index < -0.39 is 0 Å². The number of carbonyl (C=O) groups excluding carboxylic acids is 1. The number of hydrogen-bond acceptors (Lipinski definition) is 4. The summed E-state index contributed by atoms with van der Waals surface area (Å²) in [7, 11) is 0. The molecule has 0 unspecified atom stereocenters. The number of thioether (sulfide) groups is 1. The predicted molar refractivity (Wildman–Crippen MR) is 114 cm³/mol. The van der Waals surface area contributed by atoms with Crippen LogP contribution in [-0.2, 0) is 4.79 Å². The Labute approximate surface area is 170 Å². The van der Waals surface area contributed by atoms with Crippen molar-refractivity contribution in [3.05, 3.63) is 45.7 Å². The molecule has 28 heavy (non-hydrogen) atoms. The number of amides is 1. The molecule has 6 nitrogen and oxygen atoms in total. The summed E-state index contributed by atoms with van der Waals surface area (Å²) in [5.41, 5.74) is 1.48. The van der Waals surface area contributed by atoms with Gasteiger partial charge in [-0.1, -0.05) is 38.8 Å².